The standard InChI is InChI=1S/C26H26FN3O2/c27-23-15-20(18-5-2-1-3-6-18)8-9-22(23)25(31)29-13-10-19(11-14-29)21-16-30(17-21)26(32)24-7-4-12-28-24/h1-9,12,15,19,21,28H,10-11,13-14,16-17H2. The van der Waals surface area contributed by atoms with Gasteiger partial charge in [-0.3, -0.25) is 9.59 Å². The Hall–Kier alpha value is -3.41. The fraction of sp³-hybridized carbons (Fsp3) is 0.308. The number of hydrogen-bond donors (Lipinski definition) is 1. The molecule has 0 spiro atoms. The van der Waals surface area contributed by atoms with Gasteiger partial charge in [-0.05, 0) is 60.1 Å². The number of nitrogens with zero attached hydrogens (tertiary/aromatic N) is 2. The summed E-state index contributed by atoms with van der Waals surface area (Å²) in [6.45, 7) is 2.80. The zero-order valence-electron chi connectivity index (χ0n) is 17.8. The van der Waals surface area contributed by atoms with Gasteiger partial charge >= 0.3 is 0 Å². The molecule has 2 aliphatic heterocycles. The van der Waals surface area contributed by atoms with Crippen molar-refractivity contribution in [2.45, 2.75) is 12.8 Å². The summed E-state index contributed by atoms with van der Waals surface area (Å²) in [5.74, 6) is 0.312. The number of amides is 2. The van der Waals surface area contributed by atoms with Crippen LogP contribution in [-0.4, -0.2) is 52.8 Å². The van der Waals surface area contributed by atoms with E-state index in [9.17, 15) is 14.0 Å². The molecule has 3 heterocycles. The highest BCUT2D eigenvalue weighted by atomic mass is 19.1. The van der Waals surface area contributed by atoms with E-state index in [1.165, 1.54) is 6.07 Å². The van der Waals surface area contributed by atoms with Crippen LogP contribution in [0.25, 0.3) is 11.1 Å². The molecule has 1 N–H and O–H groups in total. The van der Waals surface area contributed by atoms with E-state index in [1.807, 2.05) is 47.4 Å². The number of likely N-dealkylation sites (tertiary alicyclic amines) is 2. The molecule has 2 aliphatic rings. The van der Waals surface area contributed by atoms with E-state index >= 15 is 0 Å². The van der Waals surface area contributed by atoms with Crippen molar-refractivity contribution in [3.8, 4) is 11.1 Å². The third-order valence-electron chi connectivity index (χ3n) is 6.83. The summed E-state index contributed by atoms with van der Waals surface area (Å²) in [7, 11) is 0. The number of nitrogens with one attached hydrogen (secondary N) is 1. The number of rotatable bonds is 4. The Morgan fingerprint density at radius 1 is 0.812 bits per heavy atom. The summed E-state index contributed by atoms with van der Waals surface area (Å²) in [5.41, 5.74) is 2.45. The zero-order chi connectivity index (χ0) is 22.1. The lowest BCUT2D eigenvalue weighted by molar-refractivity contribution is 0.0224. The molecule has 1 aromatic heterocycles. The first-order valence-corrected chi connectivity index (χ1v) is 11.2. The normalized spacial score (nSPS) is 17.3. The van der Waals surface area contributed by atoms with Crippen LogP contribution in [0.3, 0.4) is 0 Å². The Morgan fingerprint density at radius 3 is 2.22 bits per heavy atom. The van der Waals surface area contributed by atoms with E-state index in [0.717, 1.165) is 37.1 Å². The molecule has 32 heavy (non-hydrogen) atoms. The maximum atomic E-state index is 14.8. The Kier molecular flexibility index (Phi) is 5.52. The van der Waals surface area contributed by atoms with E-state index in [-0.39, 0.29) is 17.4 Å². The molecule has 0 bridgehead atoms. The van der Waals surface area contributed by atoms with Gasteiger partial charge in [0.1, 0.15) is 11.5 Å². The van der Waals surface area contributed by atoms with Crippen LogP contribution in [-0.2, 0) is 0 Å². The third-order valence-corrected chi connectivity index (χ3v) is 6.83. The summed E-state index contributed by atoms with van der Waals surface area (Å²) in [6.07, 6.45) is 3.55. The number of aromatic nitrogens is 1. The maximum absolute atomic E-state index is 14.8. The van der Waals surface area contributed by atoms with Crippen molar-refractivity contribution in [1.29, 1.82) is 0 Å². The third kappa shape index (κ3) is 3.93. The fourth-order valence-electron chi connectivity index (χ4n) is 4.85. The lowest BCUT2D eigenvalue weighted by atomic mass is 9.79. The predicted octanol–water partition coefficient (Wildman–Crippen LogP) is 4.45. The van der Waals surface area contributed by atoms with Crippen LogP contribution >= 0.6 is 0 Å². The number of benzene rings is 2. The molecule has 6 heteroatoms. The number of carbonyl (C=O) groups is 2. The number of hydrogen-bond acceptors (Lipinski definition) is 2. The molecule has 0 atom stereocenters. The summed E-state index contributed by atoms with van der Waals surface area (Å²) >= 11 is 0. The lowest BCUT2D eigenvalue weighted by Gasteiger charge is -2.46. The molecule has 0 saturated carbocycles. The van der Waals surface area contributed by atoms with Gasteiger partial charge in [0, 0.05) is 32.4 Å². The van der Waals surface area contributed by atoms with Crippen molar-refractivity contribution in [3.63, 3.8) is 0 Å². The molecular weight excluding hydrogens is 405 g/mol. The second kappa shape index (κ2) is 8.61. The molecule has 2 saturated heterocycles. The van der Waals surface area contributed by atoms with Crippen molar-refractivity contribution in [2.75, 3.05) is 26.2 Å². The van der Waals surface area contributed by atoms with Gasteiger partial charge in [-0.1, -0.05) is 36.4 Å². The van der Waals surface area contributed by atoms with Gasteiger partial charge < -0.3 is 14.8 Å². The second-order valence-electron chi connectivity index (χ2n) is 8.74. The van der Waals surface area contributed by atoms with E-state index in [2.05, 4.69) is 4.98 Å². The number of halogens is 1. The molecule has 0 unspecified atom stereocenters. The highest BCUT2D eigenvalue weighted by Gasteiger charge is 2.38. The average molecular weight is 432 g/mol. The summed E-state index contributed by atoms with van der Waals surface area (Å²) in [5, 5.41) is 0. The molecule has 5 nitrogen and oxygen atoms in total. The first-order valence-electron chi connectivity index (χ1n) is 11.2. The van der Waals surface area contributed by atoms with E-state index < -0.39 is 5.82 Å². The van der Waals surface area contributed by atoms with Gasteiger partial charge in [0.2, 0.25) is 0 Å². The Balaban J connectivity index is 1.15. The molecule has 0 radical (unpaired) electrons. The summed E-state index contributed by atoms with van der Waals surface area (Å²) < 4.78 is 14.8. The first kappa shape index (κ1) is 20.5. The van der Waals surface area contributed by atoms with Crippen LogP contribution in [0.2, 0.25) is 0 Å². The summed E-state index contributed by atoms with van der Waals surface area (Å²) in [4.78, 5) is 31.9. The molecule has 2 aromatic carbocycles. The van der Waals surface area contributed by atoms with E-state index in [0.29, 0.717) is 30.6 Å². The van der Waals surface area contributed by atoms with Crippen molar-refractivity contribution >= 4 is 11.8 Å². The van der Waals surface area contributed by atoms with Gasteiger partial charge in [-0.2, -0.15) is 0 Å². The molecular formula is C26H26FN3O2. The van der Waals surface area contributed by atoms with Gasteiger partial charge in [-0.25, -0.2) is 4.39 Å². The number of piperidine rings is 1. The Morgan fingerprint density at radius 2 is 1.56 bits per heavy atom. The first-order chi connectivity index (χ1) is 15.6. The van der Waals surface area contributed by atoms with Crippen LogP contribution in [0, 0.1) is 17.7 Å². The fourth-order valence-corrected chi connectivity index (χ4v) is 4.85. The van der Waals surface area contributed by atoms with Crippen LogP contribution in [0.1, 0.15) is 33.7 Å². The Labute approximate surface area is 186 Å². The summed E-state index contributed by atoms with van der Waals surface area (Å²) in [6, 6.07) is 18.1. The van der Waals surface area contributed by atoms with Crippen molar-refractivity contribution < 1.29 is 14.0 Å². The maximum Gasteiger partial charge on any atom is 0.270 e. The molecule has 2 fully saturated rings. The predicted molar refractivity (Wildman–Crippen MR) is 121 cm³/mol. The highest BCUT2D eigenvalue weighted by molar-refractivity contribution is 5.95. The quantitative estimate of drug-likeness (QED) is 0.664. The smallest absolute Gasteiger partial charge is 0.270 e. The van der Waals surface area contributed by atoms with Crippen LogP contribution in [0.4, 0.5) is 4.39 Å². The van der Waals surface area contributed by atoms with Gasteiger partial charge in [0.05, 0.1) is 5.56 Å². The van der Waals surface area contributed by atoms with Crippen molar-refractivity contribution in [2.24, 2.45) is 11.8 Å². The molecule has 3 aromatic rings. The topological polar surface area (TPSA) is 56.4 Å². The van der Waals surface area contributed by atoms with Gasteiger partial charge in [0.15, 0.2) is 0 Å². The van der Waals surface area contributed by atoms with Crippen molar-refractivity contribution in [3.05, 3.63) is 83.9 Å². The largest absolute Gasteiger partial charge is 0.357 e. The number of aromatic amines is 1. The van der Waals surface area contributed by atoms with Crippen LogP contribution in [0.5, 0.6) is 0 Å². The van der Waals surface area contributed by atoms with Crippen LogP contribution in [0.15, 0.2) is 66.9 Å². The van der Waals surface area contributed by atoms with E-state index in [4.69, 9.17) is 0 Å². The molecule has 0 aliphatic carbocycles. The monoisotopic (exact) mass is 431 g/mol. The van der Waals surface area contributed by atoms with Crippen molar-refractivity contribution in [1.82, 2.24) is 14.8 Å². The Bertz CT molecular complexity index is 1100. The second-order valence-corrected chi connectivity index (χ2v) is 8.74. The molecule has 164 valence electrons. The minimum Gasteiger partial charge on any atom is -0.357 e. The van der Waals surface area contributed by atoms with Crippen LogP contribution < -0.4 is 0 Å². The minimum atomic E-state index is -0.476. The average Bonchev–Trinajstić information content (AvgIpc) is 3.34. The van der Waals surface area contributed by atoms with Gasteiger partial charge in [0.25, 0.3) is 11.8 Å². The number of carbonyl (C=O) groups excluding carboxylic acids is 2. The molecule has 2 amide bonds. The SMILES string of the molecule is O=C(c1ccc[nH]1)N1CC(C2CCN(C(=O)c3ccc(-c4ccccc4)cc3F)CC2)C1. The highest BCUT2D eigenvalue weighted by Crippen LogP contribution is 2.33. The zero-order valence-corrected chi connectivity index (χ0v) is 17.8. The van der Waals surface area contributed by atoms with E-state index in [1.54, 1.807) is 23.2 Å². The minimum absolute atomic E-state index is 0.0493. The molecule has 5 rings (SSSR count). The lowest BCUT2D eigenvalue weighted by Crippen LogP contribution is -2.54. The number of H-pyrrole nitrogens is 1. The van der Waals surface area contributed by atoms with Gasteiger partial charge in [-0.15, -0.1) is 0 Å².